The first kappa shape index (κ1) is 15.4. The lowest BCUT2D eigenvalue weighted by Crippen LogP contribution is -2.53. The molecule has 2 aromatic rings. The SMILES string of the molecule is CC(C)c1nc2ccc(NC(=O)[C@H]3NCCO[C@@H]3C)cc2s1. The van der Waals surface area contributed by atoms with Crippen molar-refractivity contribution in [3.05, 3.63) is 23.2 Å². The van der Waals surface area contributed by atoms with E-state index in [1.165, 1.54) is 0 Å². The van der Waals surface area contributed by atoms with Crippen LogP contribution in [0.2, 0.25) is 0 Å². The number of nitrogens with one attached hydrogen (secondary N) is 2. The minimum absolute atomic E-state index is 0.0554. The smallest absolute Gasteiger partial charge is 0.244 e. The Bertz CT molecular complexity index is 683. The number of carbonyl (C=O) groups is 1. The average Bonchev–Trinajstić information content (AvgIpc) is 2.91. The Morgan fingerprint density at radius 2 is 2.32 bits per heavy atom. The second-order valence-electron chi connectivity index (χ2n) is 5.89. The molecule has 1 fully saturated rings. The Morgan fingerprint density at radius 1 is 1.50 bits per heavy atom. The highest BCUT2D eigenvalue weighted by Gasteiger charge is 2.28. The molecule has 1 aliphatic heterocycles. The predicted octanol–water partition coefficient (Wildman–Crippen LogP) is 2.74. The lowest BCUT2D eigenvalue weighted by molar-refractivity contribution is -0.123. The summed E-state index contributed by atoms with van der Waals surface area (Å²) in [6, 6.07) is 5.54. The molecule has 1 saturated heterocycles. The Kier molecular flexibility index (Phi) is 4.42. The van der Waals surface area contributed by atoms with Crippen LogP contribution >= 0.6 is 11.3 Å². The number of carbonyl (C=O) groups excluding carboxylic acids is 1. The van der Waals surface area contributed by atoms with Gasteiger partial charge >= 0.3 is 0 Å². The highest BCUT2D eigenvalue weighted by molar-refractivity contribution is 7.18. The third-order valence-electron chi connectivity index (χ3n) is 3.77. The summed E-state index contributed by atoms with van der Waals surface area (Å²) >= 11 is 1.68. The van der Waals surface area contributed by atoms with E-state index in [0.717, 1.165) is 20.9 Å². The highest BCUT2D eigenvalue weighted by atomic mass is 32.1. The second-order valence-corrected chi connectivity index (χ2v) is 6.95. The minimum atomic E-state index is -0.308. The minimum Gasteiger partial charge on any atom is -0.375 e. The van der Waals surface area contributed by atoms with Crippen molar-refractivity contribution in [1.82, 2.24) is 10.3 Å². The molecule has 0 unspecified atom stereocenters. The third kappa shape index (κ3) is 3.14. The van der Waals surface area contributed by atoms with Crippen LogP contribution in [0.15, 0.2) is 18.2 Å². The average molecular weight is 319 g/mol. The van der Waals surface area contributed by atoms with Crippen molar-refractivity contribution in [2.45, 2.75) is 38.8 Å². The van der Waals surface area contributed by atoms with Gasteiger partial charge in [-0.05, 0) is 25.1 Å². The number of thiazole rings is 1. The molecule has 1 aromatic carbocycles. The van der Waals surface area contributed by atoms with Gasteiger partial charge in [-0.25, -0.2) is 4.98 Å². The maximum Gasteiger partial charge on any atom is 0.244 e. The van der Waals surface area contributed by atoms with E-state index in [4.69, 9.17) is 4.74 Å². The van der Waals surface area contributed by atoms with Gasteiger partial charge in [0.15, 0.2) is 0 Å². The molecule has 6 heteroatoms. The van der Waals surface area contributed by atoms with Gasteiger partial charge in [-0.3, -0.25) is 4.79 Å². The molecular weight excluding hydrogens is 298 g/mol. The van der Waals surface area contributed by atoms with E-state index >= 15 is 0 Å². The molecule has 22 heavy (non-hydrogen) atoms. The molecule has 2 heterocycles. The Hall–Kier alpha value is -1.50. The van der Waals surface area contributed by atoms with Gasteiger partial charge in [0.25, 0.3) is 0 Å². The van der Waals surface area contributed by atoms with Gasteiger partial charge in [0.1, 0.15) is 6.04 Å². The molecule has 2 N–H and O–H groups in total. The number of amides is 1. The molecule has 0 spiro atoms. The first-order valence-corrected chi connectivity index (χ1v) is 8.42. The molecule has 118 valence electrons. The van der Waals surface area contributed by atoms with Gasteiger partial charge < -0.3 is 15.4 Å². The van der Waals surface area contributed by atoms with Crippen molar-refractivity contribution < 1.29 is 9.53 Å². The van der Waals surface area contributed by atoms with E-state index in [1.54, 1.807) is 11.3 Å². The lowest BCUT2D eigenvalue weighted by Gasteiger charge is -2.29. The summed E-state index contributed by atoms with van der Waals surface area (Å²) in [5.74, 6) is 0.361. The molecule has 0 bridgehead atoms. The summed E-state index contributed by atoms with van der Waals surface area (Å²) < 4.78 is 6.62. The van der Waals surface area contributed by atoms with Crippen molar-refractivity contribution in [2.24, 2.45) is 0 Å². The number of aromatic nitrogens is 1. The number of hydrogen-bond acceptors (Lipinski definition) is 5. The summed E-state index contributed by atoms with van der Waals surface area (Å²) in [6.45, 7) is 7.54. The molecular formula is C16H21N3O2S. The van der Waals surface area contributed by atoms with Crippen molar-refractivity contribution in [3.63, 3.8) is 0 Å². The molecule has 2 atom stereocenters. The van der Waals surface area contributed by atoms with E-state index in [2.05, 4.69) is 29.5 Å². The van der Waals surface area contributed by atoms with Gasteiger partial charge in [-0.2, -0.15) is 0 Å². The summed E-state index contributed by atoms with van der Waals surface area (Å²) in [5, 5.41) is 7.29. The van der Waals surface area contributed by atoms with Gasteiger partial charge in [-0.1, -0.05) is 13.8 Å². The van der Waals surface area contributed by atoms with Crippen LogP contribution < -0.4 is 10.6 Å². The molecule has 1 aliphatic rings. The highest BCUT2D eigenvalue weighted by Crippen LogP contribution is 2.29. The summed E-state index contributed by atoms with van der Waals surface area (Å²) in [4.78, 5) is 17.0. The Morgan fingerprint density at radius 3 is 3.05 bits per heavy atom. The number of anilines is 1. The molecule has 1 amide bonds. The summed E-state index contributed by atoms with van der Waals surface area (Å²) in [7, 11) is 0. The number of ether oxygens (including phenoxy) is 1. The van der Waals surface area contributed by atoms with Crippen LogP contribution in [-0.2, 0) is 9.53 Å². The van der Waals surface area contributed by atoms with E-state index in [0.29, 0.717) is 19.1 Å². The third-order valence-corrected chi connectivity index (χ3v) is 5.08. The molecule has 0 radical (unpaired) electrons. The molecule has 0 aliphatic carbocycles. The fourth-order valence-corrected chi connectivity index (χ4v) is 3.52. The summed E-state index contributed by atoms with van der Waals surface area (Å²) in [6.07, 6.45) is -0.117. The normalized spacial score (nSPS) is 22.2. The first-order valence-electron chi connectivity index (χ1n) is 7.61. The van der Waals surface area contributed by atoms with Crippen LogP contribution in [0.5, 0.6) is 0 Å². The van der Waals surface area contributed by atoms with Gasteiger partial charge in [0, 0.05) is 18.2 Å². The Labute approximate surface area is 134 Å². The largest absolute Gasteiger partial charge is 0.375 e. The zero-order valence-corrected chi connectivity index (χ0v) is 13.9. The zero-order chi connectivity index (χ0) is 15.7. The topological polar surface area (TPSA) is 63.2 Å². The maximum atomic E-state index is 12.4. The molecule has 5 nitrogen and oxygen atoms in total. The molecule has 3 rings (SSSR count). The first-order chi connectivity index (χ1) is 10.5. The maximum absolute atomic E-state index is 12.4. The second kappa shape index (κ2) is 6.32. The van der Waals surface area contributed by atoms with Crippen LogP contribution in [0.1, 0.15) is 31.7 Å². The predicted molar refractivity (Wildman–Crippen MR) is 89.5 cm³/mol. The van der Waals surface area contributed by atoms with E-state index in [9.17, 15) is 4.79 Å². The lowest BCUT2D eigenvalue weighted by atomic mass is 10.1. The van der Waals surface area contributed by atoms with E-state index in [1.807, 2.05) is 25.1 Å². The quantitative estimate of drug-likeness (QED) is 0.913. The van der Waals surface area contributed by atoms with E-state index in [-0.39, 0.29) is 18.1 Å². The number of rotatable bonds is 3. The van der Waals surface area contributed by atoms with Crippen LogP contribution in [0.4, 0.5) is 5.69 Å². The van der Waals surface area contributed by atoms with E-state index < -0.39 is 0 Å². The van der Waals surface area contributed by atoms with Crippen molar-refractivity contribution >= 4 is 33.1 Å². The van der Waals surface area contributed by atoms with Crippen LogP contribution in [-0.4, -0.2) is 36.2 Å². The van der Waals surface area contributed by atoms with Gasteiger partial charge in [-0.15, -0.1) is 11.3 Å². The number of nitrogens with zero attached hydrogens (tertiary/aromatic N) is 1. The molecule has 0 saturated carbocycles. The van der Waals surface area contributed by atoms with Crippen LogP contribution in [0, 0.1) is 0 Å². The monoisotopic (exact) mass is 319 g/mol. The Balaban J connectivity index is 1.77. The molecule has 1 aromatic heterocycles. The number of hydrogen-bond donors (Lipinski definition) is 2. The zero-order valence-electron chi connectivity index (χ0n) is 13.1. The fraction of sp³-hybridized carbons (Fsp3) is 0.500. The summed E-state index contributed by atoms with van der Waals surface area (Å²) in [5.41, 5.74) is 1.79. The fourth-order valence-electron chi connectivity index (χ4n) is 2.51. The van der Waals surface area contributed by atoms with Crippen molar-refractivity contribution in [2.75, 3.05) is 18.5 Å². The number of morpholine rings is 1. The number of benzene rings is 1. The van der Waals surface area contributed by atoms with Crippen molar-refractivity contribution in [3.8, 4) is 0 Å². The van der Waals surface area contributed by atoms with Crippen molar-refractivity contribution in [1.29, 1.82) is 0 Å². The van der Waals surface area contributed by atoms with Crippen LogP contribution in [0.25, 0.3) is 10.2 Å². The van der Waals surface area contributed by atoms with Crippen LogP contribution in [0.3, 0.4) is 0 Å². The van der Waals surface area contributed by atoms with Gasteiger partial charge in [0.2, 0.25) is 5.91 Å². The standard InChI is InChI=1S/C16H21N3O2S/c1-9(2)16-19-12-5-4-11(8-13(12)22-16)18-15(20)14-10(3)21-7-6-17-14/h4-5,8-10,14,17H,6-7H2,1-3H3,(H,18,20)/t10-,14+/m1/s1. The van der Waals surface area contributed by atoms with Gasteiger partial charge in [0.05, 0.1) is 27.9 Å². The number of fused-ring (bicyclic) bond motifs is 1.